The Hall–Kier alpha value is -2.07. The van der Waals surface area contributed by atoms with Crippen molar-refractivity contribution in [2.45, 2.75) is 51.0 Å². The molecule has 2 atom stereocenters. The third-order valence-corrected chi connectivity index (χ3v) is 7.82. The van der Waals surface area contributed by atoms with Gasteiger partial charge in [-0.15, -0.1) is 0 Å². The smallest absolute Gasteiger partial charge is 0.407 e. The van der Waals surface area contributed by atoms with Crippen molar-refractivity contribution < 1.29 is 22.7 Å². The summed E-state index contributed by atoms with van der Waals surface area (Å²) in [6.45, 7) is 7.37. The van der Waals surface area contributed by atoms with Crippen molar-refractivity contribution >= 4 is 44.5 Å². The Balaban J connectivity index is 1.70. The molecule has 0 aromatic heterocycles. The largest absolute Gasteiger partial charge is 0.444 e. The number of sulfone groups is 1. The van der Waals surface area contributed by atoms with Crippen molar-refractivity contribution in [2.75, 3.05) is 23.0 Å². The quantitative estimate of drug-likeness (QED) is 0.747. The lowest BCUT2D eigenvalue weighted by molar-refractivity contribution is -0.117. The second-order valence-electron chi connectivity index (χ2n) is 8.47. The molecule has 2 aliphatic heterocycles. The van der Waals surface area contributed by atoms with Gasteiger partial charge in [-0.05, 0) is 39.8 Å². The Morgan fingerprint density at radius 2 is 1.90 bits per heavy atom. The van der Waals surface area contributed by atoms with Gasteiger partial charge in [-0.25, -0.2) is 13.2 Å². The summed E-state index contributed by atoms with van der Waals surface area (Å²) >= 11 is 1.33. The predicted octanol–water partition coefficient (Wildman–Crippen LogP) is 2.51. The molecule has 0 bridgehead atoms. The molecule has 2 saturated heterocycles. The zero-order chi connectivity index (χ0) is 22.1. The molecular weight excluding hydrogens is 426 g/mol. The molecule has 1 aromatic carbocycles. The van der Waals surface area contributed by atoms with Crippen LogP contribution in [0.3, 0.4) is 0 Å². The summed E-state index contributed by atoms with van der Waals surface area (Å²) < 4.78 is 29.4. The molecule has 2 aliphatic rings. The molecule has 164 valence electrons. The molecule has 0 saturated carbocycles. The van der Waals surface area contributed by atoms with Gasteiger partial charge in [0, 0.05) is 23.9 Å². The van der Waals surface area contributed by atoms with Crippen LogP contribution in [0.4, 0.5) is 10.5 Å². The molecule has 0 radical (unpaired) electrons. The first kappa shape index (κ1) is 22.6. The van der Waals surface area contributed by atoms with Gasteiger partial charge in [0.15, 0.2) is 15.0 Å². The van der Waals surface area contributed by atoms with Crippen LogP contribution in [-0.4, -0.2) is 60.5 Å². The highest BCUT2D eigenvalue weighted by Gasteiger charge is 2.49. The molecule has 8 nitrogen and oxygen atoms in total. The van der Waals surface area contributed by atoms with Gasteiger partial charge in [0.2, 0.25) is 5.91 Å². The summed E-state index contributed by atoms with van der Waals surface area (Å²) in [7, 11) is -3.11. The Labute approximate surface area is 181 Å². The molecule has 2 heterocycles. The first-order valence-electron chi connectivity index (χ1n) is 9.75. The summed E-state index contributed by atoms with van der Waals surface area (Å²) in [6, 6.07) is 7.47. The zero-order valence-electron chi connectivity index (χ0n) is 17.5. The molecule has 1 aromatic rings. The van der Waals surface area contributed by atoms with Crippen LogP contribution in [0.5, 0.6) is 0 Å². The number of amides is 2. The van der Waals surface area contributed by atoms with Gasteiger partial charge >= 0.3 is 6.09 Å². The van der Waals surface area contributed by atoms with Gasteiger partial charge < -0.3 is 15.0 Å². The maximum absolute atomic E-state index is 12.4. The number of aryl methyl sites for hydroxylation is 1. The number of anilines is 1. The van der Waals surface area contributed by atoms with E-state index in [4.69, 9.17) is 4.74 Å². The van der Waals surface area contributed by atoms with Gasteiger partial charge in [0.1, 0.15) is 5.60 Å². The lowest BCUT2D eigenvalue weighted by Crippen LogP contribution is -2.37. The number of benzene rings is 1. The molecule has 0 unspecified atom stereocenters. The number of nitrogens with one attached hydrogen (secondary N) is 1. The highest BCUT2D eigenvalue weighted by Crippen LogP contribution is 2.41. The summed E-state index contributed by atoms with van der Waals surface area (Å²) in [4.78, 5) is 30.2. The standard InChI is InChI=1S/C20H27N3O5S2/c1-13-5-7-14(8-6-13)23-15-11-30(26,27)12-16(15)29-18(23)22-17(24)9-10-21-19(25)28-20(2,3)4/h5-8,15-16H,9-12H2,1-4H3,(H,21,25)/t15-,16-/m1/s1. The summed E-state index contributed by atoms with van der Waals surface area (Å²) in [5.41, 5.74) is 1.29. The maximum atomic E-state index is 12.4. The predicted molar refractivity (Wildman–Crippen MR) is 119 cm³/mol. The average Bonchev–Trinajstić information content (AvgIpc) is 3.05. The fourth-order valence-corrected chi connectivity index (χ4v) is 7.25. The van der Waals surface area contributed by atoms with Crippen LogP contribution in [0.2, 0.25) is 0 Å². The van der Waals surface area contributed by atoms with Crippen LogP contribution < -0.4 is 10.2 Å². The molecule has 2 fully saturated rings. The van der Waals surface area contributed by atoms with E-state index < -0.39 is 21.5 Å². The number of aliphatic imine (C=N–C) groups is 1. The average molecular weight is 454 g/mol. The SMILES string of the molecule is Cc1ccc(N2C(=NC(=O)CCNC(=O)OC(C)(C)C)S[C@@H]3CS(=O)(=O)C[C@H]32)cc1. The third-order valence-electron chi connectivity index (χ3n) is 4.61. The van der Waals surface area contributed by atoms with Crippen LogP contribution in [0, 0.1) is 6.92 Å². The second-order valence-corrected chi connectivity index (χ2v) is 11.8. The van der Waals surface area contributed by atoms with Gasteiger partial charge in [-0.3, -0.25) is 4.79 Å². The van der Waals surface area contributed by atoms with Crippen LogP contribution in [0.25, 0.3) is 0 Å². The van der Waals surface area contributed by atoms with Gasteiger partial charge in [0.05, 0.1) is 17.5 Å². The van der Waals surface area contributed by atoms with E-state index in [1.54, 1.807) is 20.8 Å². The first-order chi connectivity index (χ1) is 13.9. The van der Waals surface area contributed by atoms with E-state index in [1.807, 2.05) is 36.1 Å². The number of carbonyl (C=O) groups is 2. The van der Waals surface area contributed by atoms with Crippen LogP contribution in [-0.2, 0) is 19.4 Å². The summed E-state index contributed by atoms with van der Waals surface area (Å²) in [6.07, 6.45) is -0.558. The lowest BCUT2D eigenvalue weighted by atomic mass is 10.1. The number of amidine groups is 1. The van der Waals surface area contributed by atoms with E-state index in [0.717, 1.165) is 11.3 Å². The molecule has 0 spiro atoms. The van der Waals surface area contributed by atoms with Crippen molar-refractivity contribution in [3.05, 3.63) is 29.8 Å². The number of alkyl carbamates (subject to hydrolysis) is 1. The topological polar surface area (TPSA) is 105 Å². The number of fused-ring (bicyclic) bond motifs is 1. The fourth-order valence-electron chi connectivity index (χ4n) is 3.32. The van der Waals surface area contributed by atoms with Crippen molar-refractivity contribution in [3.8, 4) is 0 Å². The van der Waals surface area contributed by atoms with Crippen LogP contribution in [0.15, 0.2) is 29.3 Å². The molecule has 0 aliphatic carbocycles. The minimum atomic E-state index is -3.11. The Bertz CT molecular complexity index is 952. The summed E-state index contributed by atoms with van der Waals surface area (Å²) in [5.74, 6) is -0.252. The second kappa shape index (κ2) is 8.58. The first-order valence-corrected chi connectivity index (χ1v) is 12.4. The Morgan fingerprint density at radius 1 is 1.23 bits per heavy atom. The number of nitrogens with zero attached hydrogens (tertiary/aromatic N) is 2. The fraction of sp³-hybridized carbons (Fsp3) is 0.550. The highest BCUT2D eigenvalue weighted by atomic mass is 32.2. The molecular formula is C20H27N3O5S2. The number of thioether (sulfide) groups is 1. The number of hydrogen-bond acceptors (Lipinski definition) is 6. The molecule has 10 heteroatoms. The van der Waals surface area contributed by atoms with Gasteiger partial charge in [0.25, 0.3) is 0 Å². The molecule has 1 N–H and O–H groups in total. The molecule has 30 heavy (non-hydrogen) atoms. The van der Waals surface area contributed by atoms with Crippen molar-refractivity contribution in [2.24, 2.45) is 4.99 Å². The molecule has 2 amide bonds. The van der Waals surface area contributed by atoms with E-state index in [0.29, 0.717) is 5.17 Å². The van der Waals surface area contributed by atoms with E-state index in [1.165, 1.54) is 11.8 Å². The maximum Gasteiger partial charge on any atom is 0.407 e. The third kappa shape index (κ3) is 5.75. The van der Waals surface area contributed by atoms with E-state index in [9.17, 15) is 18.0 Å². The van der Waals surface area contributed by atoms with E-state index in [2.05, 4.69) is 10.3 Å². The van der Waals surface area contributed by atoms with Crippen molar-refractivity contribution in [1.29, 1.82) is 0 Å². The highest BCUT2D eigenvalue weighted by molar-refractivity contribution is 8.16. The Kier molecular flexibility index (Phi) is 6.47. The Morgan fingerprint density at radius 3 is 2.53 bits per heavy atom. The minimum Gasteiger partial charge on any atom is -0.444 e. The lowest BCUT2D eigenvalue weighted by Gasteiger charge is -2.24. The van der Waals surface area contributed by atoms with Crippen molar-refractivity contribution in [1.82, 2.24) is 5.32 Å². The van der Waals surface area contributed by atoms with E-state index >= 15 is 0 Å². The van der Waals surface area contributed by atoms with Crippen LogP contribution in [0.1, 0.15) is 32.8 Å². The normalized spacial score (nSPS) is 24.0. The number of ether oxygens (including phenoxy) is 1. The minimum absolute atomic E-state index is 0.0265. The van der Waals surface area contributed by atoms with Crippen LogP contribution >= 0.6 is 11.8 Å². The number of rotatable bonds is 4. The number of carbonyl (C=O) groups excluding carboxylic acids is 2. The van der Waals surface area contributed by atoms with E-state index in [-0.39, 0.29) is 41.7 Å². The summed E-state index contributed by atoms with van der Waals surface area (Å²) in [5, 5.41) is 2.90. The monoisotopic (exact) mass is 453 g/mol. The van der Waals surface area contributed by atoms with Gasteiger partial charge in [-0.2, -0.15) is 4.99 Å². The number of hydrogen-bond donors (Lipinski definition) is 1. The van der Waals surface area contributed by atoms with Crippen molar-refractivity contribution in [3.63, 3.8) is 0 Å². The molecule has 3 rings (SSSR count). The van der Waals surface area contributed by atoms with Gasteiger partial charge in [-0.1, -0.05) is 29.5 Å². The zero-order valence-corrected chi connectivity index (χ0v) is 19.2.